The molecule has 0 bridgehead atoms. The highest BCUT2D eigenvalue weighted by molar-refractivity contribution is 5.79. The number of hydrogen-bond acceptors (Lipinski definition) is 1. The van der Waals surface area contributed by atoms with E-state index >= 15 is 0 Å². The lowest BCUT2D eigenvalue weighted by Gasteiger charge is -2.24. The standard InChI is InChI=1S/C8H15NO/c1-5-6(7(9)10)8(2,3)4/h5-6H,1H2,2-4H3,(H2,9,10)/t6-/m1/s1. The lowest BCUT2D eigenvalue weighted by Crippen LogP contribution is -2.32. The van der Waals surface area contributed by atoms with Gasteiger partial charge >= 0.3 is 0 Å². The minimum atomic E-state index is -0.303. The van der Waals surface area contributed by atoms with E-state index in [4.69, 9.17) is 5.73 Å². The van der Waals surface area contributed by atoms with Crippen molar-refractivity contribution >= 4 is 5.91 Å². The third kappa shape index (κ3) is 2.21. The third-order valence-electron chi connectivity index (χ3n) is 1.48. The van der Waals surface area contributed by atoms with Crippen molar-refractivity contribution in [1.29, 1.82) is 0 Å². The average Bonchev–Trinajstić information content (AvgIpc) is 1.60. The van der Waals surface area contributed by atoms with Gasteiger partial charge in [0, 0.05) is 0 Å². The van der Waals surface area contributed by atoms with Crippen LogP contribution in [0.5, 0.6) is 0 Å². The monoisotopic (exact) mass is 141 g/mol. The van der Waals surface area contributed by atoms with E-state index < -0.39 is 0 Å². The number of amides is 1. The maximum Gasteiger partial charge on any atom is 0.224 e. The Hall–Kier alpha value is -0.790. The van der Waals surface area contributed by atoms with Gasteiger partial charge in [-0.25, -0.2) is 0 Å². The topological polar surface area (TPSA) is 43.1 Å². The number of hydrogen-bond donors (Lipinski definition) is 1. The van der Waals surface area contributed by atoms with Crippen LogP contribution in [0.25, 0.3) is 0 Å². The predicted octanol–water partition coefficient (Wildman–Crippen LogP) is 1.32. The van der Waals surface area contributed by atoms with E-state index in [1.807, 2.05) is 20.8 Å². The average molecular weight is 141 g/mol. The second-order valence-corrected chi connectivity index (χ2v) is 3.48. The molecule has 2 heteroatoms. The molecule has 0 rings (SSSR count). The summed E-state index contributed by atoms with van der Waals surface area (Å²) in [6.45, 7) is 9.44. The molecule has 0 aliphatic rings. The molecule has 0 spiro atoms. The molecule has 0 aliphatic heterocycles. The van der Waals surface area contributed by atoms with Crippen LogP contribution < -0.4 is 5.73 Å². The minimum Gasteiger partial charge on any atom is -0.369 e. The maximum absolute atomic E-state index is 10.7. The molecule has 58 valence electrons. The second-order valence-electron chi connectivity index (χ2n) is 3.48. The fourth-order valence-electron chi connectivity index (χ4n) is 0.896. The van der Waals surface area contributed by atoms with Gasteiger partial charge in [0.05, 0.1) is 5.92 Å². The lowest BCUT2D eigenvalue weighted by atomic mass is 9.80. The zero-order valence-electron chi connectivity index (χ0n) is 6.85. The van der Waals surface area contributed by atoms with Gasteiger partial charge in [0.2, 0.25) is 5.91 Å². The molecule has 0 saturated carbocycles. The summed E-state index contributed by atoms with van der Waals surface area (Å²) in [5.41, 5.74) is 5.02. The van der Waals surface area contributed by atoms with Gasteiger partial charge in [-0.05, 0) is 5.41 Å². The zero-order valence-corrected chi connectivity index (χ0v) is 6.85. The normalized spacial score (nSPS) is 14.3. The Morgan fingerprint density at radius 2 is 2.00 bits per heavy atom. The molecule has 1 atom stereocenters. The molecule has 0 saturated heterocycles. The first kappa shape index (κ1) is 9.21. The van der Waals surface area contributed by atoms with E-state index in [0.29, 0.717) is 0 Å². The number of primary amides is 1. The molecule has 0 unspecified atom stereocenters. The zero-order chi connectivity index (χ0) is 8.36. The molecule has 0 aliphatic carbocycles. The van der Waals surface area contributed by atoms with Crippen LogP contribution in [-0.4, -0.2) is 5.91 Å². The van der Waals surface area contributed by atoms with Crippen molar-refractivity contribution < 1.29 is 4.79 Å². The van der Waals surface area contributed by atoms with Crippen molar-refractivity contribution in [3.05, 3.63) is 12.7 Å². The molecule has 0 fully saturated rings. The number of carbonyl (C=O) groups is 1. The van der Waals surface area contributed by atoms with Crippen LogP contribution in [0.1, 0.15) is 20.8 Å². The Morgan fingerprint density at radius 3 is 2.00 bits per heavy atom. The van der Waals surface area contributed by atoms with E-state index in [1.54, 1.807) is 6.08 Å². The van der Waals surface area contributed by atoms with Crippen LogP contribution >= 0.6 is 0 Å². The Kier molecular flexibility index (Phi) is 2.64. The van der Waals surface area contributed by atoms with Crippen molar-refractivity contribution in [2.45, 2.75) is 20.8 Å². The maximum atomic E-state index is 10.7. The Labute approximate surface area is 62.1 Å². The fraction of sp³-hybridized carbons (Fsp3) is 0.625. The van der Waals surface area contributed by atoms with Gasteiger partial charge in [0.25, 0.3) is 0 Å². The first-order valence-corrected chi connectivity index (χ1v) is 3.31. The quantitative estimate of drug-likeness (QED) is 0.579. The van der Waals surface area contributed by atoms with Gasteiger partial charge < -0.3 is 5.73 Å². The molecule has 2 N–H and O–H groups in total. The summed E-state index contributed by atoms with van der Waals surface area (Å²) in [7, 11) is 0. The highest BCUT2D eigenvalue weighted by Gasteiger charge is 2.25. The summed E-state index contributed by atoms with van der Waals surface area (Å²) in [6.07, 6.45) is 1.60. The number of carbonyl (C=O) groups excluding carboxylic acids is 1. The third-order valence-corrected chi connectivity index (χ3v) is 1.48. The van der Waals surface area contributed by atoms with Gasteiger partial charge in [-0.1, -0.05) is 26.8 Å². The SMILES string of the molecule is C=C[C@H](C(N)=O)C(C)(C)C. The van der Waals surface area contributed by atoms with Crippen molar-refractivity contribution in [1.82, 2.24) is 0 Å². The van der Waals surface area contributed by atoms with Crippen molar-refractivity contribution in [2.75, 3.05) is 0 Å². The highest BCUT2D eigenvalue weighted by Crippen LogP contribution is 2.25. The summed E-state index contributed by atoms with van der Waals surface area (Å²) in [6, 6.07) is 0. The lowest BCUT2D eigenvalue weighted by molar-refractivity contribution is -0.122. The molecule has 1 amide bonds. The van der Waals surface area contributed by atoms with Gasteiger partial charge in [0.1, 0.15) is 0 Å². The molecular weight excluding hydrogens is 126 g/mol. The summed E-state index contributed by atoms with van der Waals surface area (Å²) in [4.78, 5) is 10.7. The number of nitrogens with two attached hydrogens (primary N) is 1. The van der Waals surface area contributed by atoms with Crippen molar-refractivity contribution in [2.24, 2.45) is 17.1 Å². The molecule has 0 aromatic carbocycles. The molecule has 0 aromatic rings. The first-order chi connectivity index (χ1) is 4.39. The molecule has 0 radical (unpaired) electrons. The predicted molar refractivity (Wildman–Crippen MR) is 42.3 cm³/mol. The summed E-state index contributed by atoms with van der Waals surface area (Å²) >= 11 is 0. The Morgan fingerprint density at radius 1 is 1.60 bits per heavy atom. The van der Waals surface area contributed by atoms with Gasteiger partial charge in [-0.3, -0.25) is 4.79 Å². The summed E-state index contributed by atoms with van der Waals surface area (Å²) in [5.74, 6) is -0.532. The van der Waals surface area contributed by atoms with Crippen LogP contribution in [0.3, 0.4) is 0 Å². The molecule has 0 heterocycles. The van der Waals surface area contributed by atoms with Gasteiger partial charge in [-0.15, -0.1) is 6.58 Å². The molecule has 2 nitrogen and oxygen atoms in total. The van der Waals surface area contributed by atoms with E-state index in [2.05, 4.69) is 6.58 Å². The van der Waals surface area contributed by atoms with Crippen LogP contribution in [0, 0.1) is 11.3 Å². The van der Waals surface area contributed by atoms with E-state index in [-0.39, 0.29) is 17.2 Å². The Bertz CT molecular complexity index is 144. The van der Waals surface area contributed by atoms with Crippen LogP contribution in [0.2, 0.25) is 0 Å². The number of rotatable bonds is 2. The van der Waals surface area contributed by atoms with Gasteiger partial charge in [-0.2, -0.15) is 0 Å². The molecular formula is C8H15NO. The van der Waals surface area contributed by atoms with Crippen LogP contribution in [0.15, 0.2) is 12.7 Å². The highest BCUT2D eigenvalue weighted by atomic mass is 16.1. The first-order valence-electron chi connectivity index (χ1n) is 3.31. The van der Waals surface area contributed by atoms with E-state index in [0.717, 1.165) is 0 Å². The van der Waals surface area contributed by atoms with Crippen molar-refractivity contribution in [3.63, 3.8) is 0 Å². The van der Waals surface area contributed by atoms with Crippen molar-refractivity contribution in [3.8, 4) is 0 Å². The Balaban J connectivity index is 4.36. The van der Waals surface area contributed by atoms with E-state index in [9.17, 15) is 4.79 Å². The fourth-order valence-corrected chi connectivity index (χ4v) is 0.896. The minimum absolute atomic E-state index is 0.104. The van der Waals surface area contributed by atoms with Crippen LogP contribution in [-0.2, 0) is 4.79 Å². The van der Waals surface area contributed by atoms with Crippen LogP contribution in [0.4, 0.5) is 0 Å². The largest absolute Gasteiger partial charge is 0.369 e. The van der Waals surface area contributed by atoms with E-state index in [1.165, 1.54) is 0 Å². The molecule has 10 heavy (non-hydrogen) atoms. The summed E-state index contributed by atoms with van der Waals surface area (Å²) < 4.78 is 0. The van der Waals surface area contributed by atoms with Gasteiger partial charge in [0.15, 0.2) is 0 Å². The smallest absolute Gasteiger partial charge is 0.224 e. The summed E-state index contributed by atoms with van der Waals surface area (Å²) in [5, 5.41) is 0. The molecule has 0 aromatic heterocycles. The second kappa shape index (κ2) is 2.86.